The molecular formula is C16H20BrNO2S. The molecule has 0 aliphatic carbocycles. The Morgan fingerprint density at radius 3 is 2.57 bits per heavy atom. The first-order chi connectivity index (χ1) is 10.1. The van der Waals surface area contributed by atoms with Gasteiger partial charge in [0.15, 0.2) is 11.5 Å². The van der Waals surface area contributed by atoms with Crippen molar-refractivity contribution in [1.82, 2.24) is 5.32 Å². The van der Waals surface area contributed by atoms with Crippen molar-refractivity contribution in [3.05, 3.63) is 44.6 Å². The Kier molecular flexibility index (Phi) is 6.08. The summed E-state index contributed by atoms with van der Waals surface area (Å²) in [6.45, 7) is 2.99. The van der Waals surface area contributed by atoms with Crippen molar-refractivity contribution in [3.8, 4) is 11.5 Å². The number of ether oxygens (including phenoxy) is 2. The van der Waals surface area contributed by atoms with Gasteiger partial charge in [-0.05, 0) is 42.5 Å². The predicted molar refractivity (Wildman–Crippen MR) is 91.6 cm³/mol. The van der Waals surface area contributed by atoms with E-state index in [1.165, 1.54) is 4.88 Å². The van der Waals surface area contributed by atoms with Crippen LogP contribution in [0.1, 0.15) is 17.4 Å². The predicted octanol–water partition coefficient (Wildman–Crippen LogP) is 4.25. The van der Waals surface area contributed by atoms with Crippen LogP contribution in [0.25, 0.3) is 0 Å². The number of rotatable bonds is 7. The highest BCUT2D eigenvalue weighted by atomic mass is 79.9. The molecule has 1 atom stereocenters. The van der Waals surface area contributed by atoms with Crippen LogP contribution in [0.3, 0.4) is 0 Å². The summed E-state index contributed by atoms with van der Waals surface area (Å²) < 4.78 is 11.7. The molecule has 0 saturated carbocycles. The number of hydrogen-bond donors (Lipinski definition) is 1. The van der Waals surface area contributed by atoms with Crippen LogP contribution in [0.5, 0.6) is 11.5 Å². The molecule has 114 valence electrons. The number of hydrogen-bond acceptors (Lipinski definition) is 4. The van der Waals surface area contributed by atoms with E-state index in [1.807, 2.05) is 12.1 Å². The fourth-order valence-corrected chi connectivity index (χ4v) is 3.42. The molecule has 0 aliphatic heterocycles. The molecule has 0 fully saturated rings. The quantitative estimate of drug-likeness (QED) is 0.791. The lowest BCUT2D eigenvalue weighted by Gasteiger charge is -2.16. The van der Waals surface area contributed by atoms with Crippen molar-refractivity contribution in [2.24, 2.45) is 0 Å². The average molecular weight is 370 g/mol. The summed E-state index contributed by atoms with van der Waals surface area (Å²) in [7, 11) is 3.30. The molecule has 0 amide bonds. The fourth-order valence-electron chi connectivity index (χ4n) is 2.12. The van der Waals surface area contributed by atoms with Gasteiger partial charge >= 0.3 is 0 Å². The van der Waals surface area contributed by atoms with Gasteiger partial charge in [-0.2, -0.15) is 0 Å². The topological polar surface area (TPSA) is 30.5 Å². The second-order valence-corrected chi connectivity index (χ2v) is 6.75. The lowest BCUT2D eigenvalue weighted by Crippen LogP contribution is -2.27. The van der Waals surface area contributed by atoms with E-state index in [0.29, 0.717) is 6.04 Å². The van der Waals surface area contributed by atoms with Crippen molar-refractivity contribution < 1.29 is 9.47 Å². The van der Waals surface area contributed by atoms with Gasteiger partial charge in [-0.15, -0.1) is 11.3 Å². The smallest absolute Gasteiger partial charge is 0.161 e. The Morgan fingerprint density at radius 2 is 1.95 bits per heavy atom. The number of halogens is 1. The van der Waals surface area contributed by atoms with Gasteiger partial charge in [-0.25, -0.2) is 0 Å². The van der Waals surface area contributed by atoms with Crippen molar-refractivity contribution in [1.29, 1.82) is 0 Å². The van der Waals surface area contributed by atoms with E-state index in [2.05, 4.69) is 45.7 Å². The van der Waals surface area contributed by atoms with Crippen LogP contribution in [0.2, 0.25) is 0 Å². The van der Waals surface area contributed by atoms with E-state index in [9.17, 15) is 0 Å². The third-order valence-corrected chi connectivity index (χ3v) is 4.92. The molecule has 1 aromatic carbocycles. The molecule has 0 radical (unpaired) electrons. The summed E-state index contributed by atoms with van der Waals surface area (Å²) in [6, 6.07) is 8.64. The standard InChI is InChI=1S/C16H20BrNO2S/c1-11(7-13-5-4-6-21-13)18-10-12-8-15(19-2)16(20-3)9-14(12)17/h4-6,8-9,11,18H,7,10H2,1-3H3. The monoisotopic (exact) mass is 369 g/mol. The summed E-state index contributed by atoms with van der Waals surface area (Å²) in [5.74, 6) is 1.49. The number of nitrogens with one attached hydrogen (secondary N) is 1. The van der Waals surface area contributed by atoms with E-state index in [1.54, 1.807) is 25.6 Å². The minimum absolute atomic E-state index is 0.420. The molecular weight excluding hydrogens is 350 g/mol. The third kappa shape index (κ3) is 4.46. The summed E-state index contributed by atoms with van der Waals surface area (Å²) in [5.41, 5.74) is 1.16. The van der Waals surface area contributed by atoms with E-state index < -0.39 is 0 Å². The second kappa shape index (κ2) is 7.82. The van der Waals surface area contributed by atoms with Crippen LogP contribution < -0.4 is 14.8 Å². The van der Waals surface area contributed by atoms with Crippen LogP contribution in [-0.4, -0.2) is 20.3 Å². The molecule has 0 spiro atoms. The first-order valence-electron chi connectivity index (χ1n) is 6.80. The van der Waals surface area contributed by atoms with Crippen molar-refractivity contribution in [2.75, 3.05) is 14.2 Å². The number of methoxy groups -OCH3 is 2. The zero-order chi connectivity index (χ0) is 15.2. The zero-order valence-corrected chi connectivity index (χ0v) is 14.9. The minimum Gasteiger partial charge on any atom is -0.493 e. The molecule has 1 aromatic heterocycles. The van der Waals surface area contributed by atoms with Crippen LogP contribution in [0.4, 0.5) is 0 Å². The van der Waals surface area contributed by atoms with Crippen molar-refractivity contribution in [2.45, 2.75) is 25.9 Å². The second-order valence-electron chi connectivity index (χ2n) is 4.86. The van der Waals surface area contributed by atoms with Gasteiger partial charge in [0.25, 0.3) is 0 Å². The Bertz CT molecular complexity index is 572. The normalized spacial score (nSPS) is 12.2. The summed E-state index contributed by atoms with van der Waals surface area (Å²) in [4.78, 5) is 1.40. The lowest BCUT2D eigenvalue weighted by molar-refractivity contribution is 0.354. The third-order valence-electron chi connectivity index (χ3n) is 3.28. The molecule has 1 N–H and O–H groups in total. The Morgan fingerprint density at radius 1 is 1.24 bits per heavy atom. The van der Waals surface area contributed by atoms with E-state index in [-0.39, 0.29) is 0 Å². The first kappa shape index (κ1) is 16.3. The molecule has 3 nitrogen and oxygen atoms in total. The van der Waals surface area contributed by atoms with Gasteiger partial charge in [0.2, 0.25) is 0 Å². The van der Waals surface area contributed by atoms with E-state index in [4.69, 9.17) is 9.47 Å². The van der Waals surface area contributed by atoms with E-state index >= 15 is 0 Å². The highest BCUT2D eigenvalue weighted by Gasteiger charge is 2.11. The Hall–Kier alpha value is -1.04. The molecule has 5 heteroatoms. The fraction of sp³-hybridized carbons (Fsp3) is 0.375. The molecule has 0 aliphatic rings. The van der Waals surface area contributed by atoms with Crippen LogP contribution >= 0.6 is 27.3 Å². The molecule has 0 bridgehead atoms. The van der Waals surface area contributed by atoms with Gasteiger partial charge in [0, 0.05) is 21.9 Å². The summed E-state index contributed by atoms with van der Waals surface area (Å²) in [6.07, 6.45) is 1.04. The molecule has 21 heavy (non-hydrogen) atoms. The number of thiophene rings is 1. The van der Waals surface area contributed by atoms with Gasteiger partial charge in [-0.1, -0.05) is 22.0 Å². The van der Waals surface area contributed by atoms with Crippen molar-refractivity contribution >= 4 is 27.3 Å². The largest absolute Gasteiger partial charge is 0.493 e. The van der Waals surface area contributed by atoms with Crippen LogP contribution in [0, 0.1) is 0 Å². The highest BCUT2D eigenvalue weighted by Crippen LogP contribution is 2.33. The van der Waals surface area contributed by atoms with Gasteiger partial charge in [0.1, 0.15) is 0 Å². The average Bonchev–Trinajstić information content (AvgIpc) is 2.98. The maximum Gasteiger partial charge on any atom is 0.161 e. The molecule has 2 aromatic rings. The van der Waals surface area contributed by atoms with Gasteiger partial charge < -0.3 is 14.8 Å². The summed E-state index contributed by atoms with van der Waals surface area (Å²) >= 11 is 5.39. The maximum absolute atomic E-state index is 5.35. The Balaban J connectivity index is 1.99. The SMILES string of the molecule is COc1cc(Br)c(CNC(C)Cc2cccs2)cc1OC. The zero-order valence-electron chi connectivity index (χ0n) is 12.5. The number of benzene rings is 1. The first-order valence-corrected chi connectivity index (χ1v) is 8.47. The van der Waals surface area contributed by atoms with E-state index in [0.717, 1.165) is 34.5 Å². The molecule has 0 saturated heterocycles. The minimum atomic E-state index is 0.420. The highest BCUT2D eigenvalue weighted by molar-refractivity contribution is 9.10. The molecule has 1 heterocycles. The molecule has 1 unspecified atom stereocenters. The van der Waals surface area contributed by atoms with Crippen molar-refractivity contribution in [3.63, 3.8) is 0 Å². The van der Waals surface area contributed by atoms with Crippen LogP contribution in [-0.2, 0) is 13.0 Å². The van der Waals surface area contributed by atoms with Crippen LogP contribution in [0.15, 0.2) is 34.1 Å². The molecule has 2 rings (SSSR count). The summed E-state index contributed by atoms with van der Waals surface area (Å²) in [5, 5.41) is 5.67. The Labute approximate surface area is 138 Å². The maximum atomic E-state index is 5.35. The lowest BCUT2D eigenvalue weighted by atomic mass is 10.1. The van der Waals surface area contributed by atoms with Gasteiger partial charge in [-0.3, -0.25) is 0 Å². The van der Waals surface area contributed by atoms with Gasteiger partial charge in [0.05, 0.1) is 14.2 Å².